The topological polar surface area (TPSA) is 17.1 Å². The van der Waals surface area contributed by atoms with Crippen LogP contribution in [0.5, 0.6) is 0 Å². The molecule has 1 atom stereocenters. The van der Waals surface area contributed by atoms with E-state index in [-0.39, 0.29) is 11.2 Å². The Kier molecular flexibility index (Phi) is 5.21. The fourth-order valence-corrected chi connectivity index (χ4v) is 2.79. The molecule has 0 N–H and O–H groups in total. The summed E-state index contributed by atoms with van der Waals surface area (Å²) in [4.78, 5) is 12.0. The molecule has 0 amide bonds. The predicted octanol–water partition coefficient (Wildman–Crippen LogP) is 4.77. The standard InChI is InChI=1S/C17H21ClO/c1-2-3-6-13-7-4-8-14(11-13)12-15-9-5-10-16(18)17(15)19/h4,7-8,11-12,16H,2-3,5-6,9-10H2,1H3. The van der Waals surface area contributed by atoms with E-state index in [2.05, 4.69) is 31.2 Å². The second-order valence-electron chi connectivity index (χ2n) is 5.24. The average Bonchev–Trinajstić information content (AvgIpc) is 2.42. The first kappa shape index (κ1) is 14.3. The number of hydrogen-bond donors (Lipinski definition) is 0. The van der Waals surface area contributed by atoms with E-state index in [0.717, 1.165) is 36.8 Å². The monoisotopic (exact) mass is 276 g/mol. The molecule has 1 unspecified atom stereocenters. The Hall–Kier alpha value is -1.08. The fraction of sp³-hybridized carbons (Fsp3) is 0.471. The van der Waals surface area contributed by atoms with Gasteiger partial charge >= 0.3 is 0 Å². The van der Waals surface area contributed by atoms with Crippen LogP contribution in [-0.4, -0.2) is 11.2 Å². The molecule has 1 fully saturated rings. The molecule has 2 rings (SSSR count). The lowest BCUT2D eigenvalue weighted by molar-refractivity contribution is -0.116. The minimum atomic E-state index is -0.316. The van der Waals surface area contributed by atoms with Crippen LogP contribution in [0.2, 0.25) is 0 Å². The van der Waals surface area contributed by atoms with Gasteiger partial charge in [-0.05, 0) is 54.9 Å². The normalized spacial score (nSPS) is 21.9. The third-order valence-electron chi connectivity index (χ3n) is 3.62. The Bertz CT molecular complexity index is 476. The number of carbonyl (C=O) groups is 1. The van der Waals surface area contributed by atoms with Crippen molar-refractivity contribution in [3.8, 4) is 0 Å². The Morgan fingerprint density at radius 2 is 2.26 bits per heavy atom. The van der Waals surface area contributed by atoms with Gasteiger partial charge in [0.05, 0.1) is 5.38 Å². The highest BCUT2D eigenvalue weighted by molar-refractivity contribution is 6.34. The summed E-state index contributed by atoms with van der Waals surface area (Å²) in [6.45, 7) is 2.20. The number of halogens is 1. The molecule has 19 heavy (non-hydrogen) atoms. The minimum Gasteiger partial charge on any atom is -0.293 e. The average molecular weight is 277 g/mol. The van der Waals surface area contributed by atoms with Crippen molar-refractivity contribution in [3.05, 3.63) is 41.0 Å². The lowest BCUT2D eigenvalue weighted by atomic mass is 9.91. The summed E-state index contributed by atoms with van der Waals surface area (Å²) in [5, 5.41) is -0.316. The highest BCUT2D eigenvalue weighted by Crippen LogP contribution is 2.26. The van der Waals surface area contributed by atoms with Crippen molar-refractivity contribution in [2.24, 2.45) is 0 Å². The molecular weight excluding hydrogens is 256 g/mol. The summed E-state index contributed by atoms with van der Waals surface area (Å²) in [6, 6.07) is 8.48. The third kappa shape index (κ3) is 3.94. The zero-order valence-electron chi connectivity index (χ0n) is 11.5. The number of rotatable bonds is 4. The molecule has 0 aromatic heterocycles. The lowest BCUT2D eigenvalue weighted by Crippen LogP contribution is -2.21. The number of aryl methyl sites for hydroxylation is 1. The number of carbonyl (C=O) groups excluding carboxylic acids is 1. The van der Waals surface area contributed by atoms with Crippen molar-refractivity contribution in [2.45, 2.75) is 50.8 Å². The van der Waals surface area contributed by atoms with Crippen molar-refractivity contribution < 1.29 is 4.79 Å². The fourth-order valence-electron chi connectivity index (χ4n) is 2.49. The molecule has 0 bridgehead atoms. The van der Waals surface area contributed by atoms with E-state index in [4.69, 9.17) is 11.6 Å². The SMILES string of the molecule is CCCCc1cccc(C=C2CCCC(Cl)C2=O)c1. The van der Waals surface area contributed by atoms with Crippen molar-refractivity contribution in [2.75, 3.05) is 0 Å². The van der Waals surface area contributed by atoms with E-state index in [1.54, 1.807) is 0 Å². The number of allylic oxidation sites excluding steroid dienone is 1. The van der Waals surface area contributed by atoms with Crippen LogP contribution in [0.3, 0.4) is 0 Å². The first-order chi connectivity index (χ1) is 9.20. The zero-order chi connectivity index (χ0) is 13.7. The third-order valence-corrected chi connectivity index (χ3v) is 4.03. The molecule has 1 nitrogen and oxygen atoms in total. The van der Waals surface area contributed by atoms with E-state index >= 15 is 0 Å². The van der Waals surface area contributed by atoms with Gasteiger partial charge in [-0.15, -0.1) is 11.6 Å². The number of unbranched alkanes of at least 4 members (excludes halogenated alkanes) is 1. The maximum absolute atomic E-state index is 12.0. The highest BCUT2D eigenvalue weighted by Gasteiger charge is 2.24. The summed E-state index contributed by atoms with van der Waals surface area (Å²) in [5.74, 6) is 0.117. The Balaban J connectivity index is 2.15. The number of ketones is 1. The van der Waals surface area contributed by atoms with Crippen LogP contribution in [-0.2, 0) is 11.2 Å². The highest BCUT2D eigenvalue weighted by atomic mass is 35.5. The van der Waals surface area contributed by atoms with Gasteiger partial charge in [0.1, 0.15) is 0 Å². The van der Waals surface area contributed by atoms with Gasteiger partial charge in [0.15, 0.2) is 5.78 Å². The van der Waals surface area contributed by atoms with Crippen molar-refractivity contribution in [3.63, 3.8) is 0 Å². The first-order valence-corrected chi connectivity index (χ1v) is 7.62. The van der Waals surface area contributed by atoms with Crippen molar-refractivity contribution in [1.29, 1.82) is 0 Å². The van der Waals surface area contributed by atoms with E-state index in [1.165, 1.54) is 18.4 Å². The second-order valence-corrected chi connectivity index (χ2v) is 5.77. The Labute approximate surface area is 120 Å². The largest absolute Gasteiger partial charge is 0.293 e. The van der Waals surface area contributed by atoms with Gasteiger partial charge in [0.25, 0.3) is 0 Å². The molecule has 0 aliphatic heterocycles. The molecule has 0 spiro atoms. The van der Waals surface area contributed by atoms with Crippen LogP contribution < -0.4 is 0 Å². The molecular formula is C17H21ClO. The molecule has 0 saturated heterocycles. The van der Waals surface area contributed by atoms with Gasteiger partial charge in [-0.3, -0.25) is 4.79 Å². The van der Waals surface area contributed by atoms with Gasteiger partial charge in [0, 0.05) is 0 Å². The van der Waals surface area contributed by atoms with Crippen molar-refractivity contribution in [1.82, 2.24) is 0 Å². The summed E-state index contributed by atoms with van der Waals surface area (Å²) in [6.07, 6.45) is 8.24. The van der Waals surface area contributed by atoms with E-state index in [0.29, 0.717) is 0 Å². The van der Waals surface area contributed by atoms with E-state index < -0.39 is 0 Å². The molecule has 1 aromatic rings. The van der Waals surface area contributed by atoms with Gasteiger partial charge in [-0.2, -0.15) is 0 Å². The molecule has 2 heteroatoms. The predicted molar refractivity (Wildman–Crippen MR) is 81.5 cm³/mol. The number of Topliss-reactive ketones (excluding diaryl/α,β-unsaturated/α-hetero) is 1. The minimum absolute atomic E-state index is 0.117. The smallest absolute Gasteiger partial charge is 0.176 e. The number of hydrogen-bond acceptors (Lipinski definition) is 1. The van der Waals surface area contributed by atoms with Gasteiger partial charge in [0.2, 0.25) is 0 Å². The summed E-state index contributed by atoms with van der Waals surface area (Å²) in [5.41, 5.74) is 3.36. The summed E-state index contributed by atoms with van der Waals surface area (Å²) < 4.78 is 0. The molecule has 1 aromatic carbocycles. The molecule has 1 aliphatic carbocycles. The Morgan fingerprint density at radius 3 is 3.05 bits per heavy atom. The van der Waals surface area contributed by atoms with Crippen LogP contribution >= 0.6 is 11.6 Å². The molecule has 1 aliphatic rings. The second kappa shape index (κ2) is 6.91. The first-order valence-electron chi connectivity index (χ1n) is 7.18. The molecule has 0 radical (unpaired) electrons. The van der Waals surface area contributed by atoms with Crippen molar-refractivity contribution >= 4 is 23.5 Å². The van der Waals surface area contributed by atoms with Crippen LogP contribution in [0, 0.1) is 0 Å². The van der Waals surface area contributed by atoms with Gasteiger partial charge in [-0.25, -0.2) is 0 Å². The summed E-state index contributed by atoms with van der Waals surface area (Å²) >= 11 is 6.04. The summed E-state index contributed by atoms with van der Waals surface area (Å²) in [7, 11) is 0. The van der Waals surface area contributed by atoms with Crippen LogP contribution in [0.4, 0.5) is 0 Å². The van der Waals surface area contributed by atoms with Crippen LogP contribution in [0.25, 0.3) is 6.08 Å². The number of benzene rings is 1. The molecule has 102 valence electrons. The number of alkyl halides is 1. The quantitative estimate of drug-likeness (QED) is 0.572. The van der Waals surface area contributed by atoms with Gasteiger partial charge in [-0.1, -0.05) is 37.6 Å². The molecule has 1 saturated carbocycles. The van der Waals surface area contributed by atoms with E-state index in [1.807, 2.05) is 6.08 Å². The maximum Gasteiger partial charge on any atom is 0.176 e. The van der Waals surface area contributed by atoms with Crippen LogP contribution in [0.15, 0.2) is 29.8 Å². The van der Waals surface area contributed by atoms with E-state index in [9.17, 15) is 4.79 Å². The molecule has 0 heterocycles. The van der Waals surface area contributed by atoms with Crippen LogP contribution in [0.1, 0.15) is 50.2 Å². The van der Waals surface area contributed by atoms with Gasteiger partial charge < -0.3 is 0 Å². The maximum atomic E-state index is 12.0. The lowest BCUT2D eigenvalue weighted by Gasteiger charge is -2.17. The zero-order valence-corrected chi connectivity index (χ0v) is 12.2. The Morgan fingerprint density at radius 1 is 1.42 bits per heavy atom.